The van der Waals surface area contributed by atoms with Gasteiger partial charge in [0.25, 0.3) is 5.91 Å². The highest BCUT2D eigenvalue weighted by molar-refractivity contribution is 5.95. The fourth-order valence-corrected chi connectivity index (χ4v) is 4.78. The third-order valence-electron chi connectivity index (χ3n) is 6.73. The molecule has 8 heteroatoms. The van der Waals surface area contributed by atoms with E-state index in [1.807, 2.05) is 37.3 Å². The van der Waals surface area contributed by atoms with E-state index in [0.717, 1.165) is 48.1 Å². The van der Waals surface area contributed by atoms with Gasteiger partial charge >= 0.3 is 0 Å². The van der Waals surface area contributed by atoms with Gasteiger partial charge in [0.15, 0.2) is 0 Å². The van der Waals surface area contributed by atoms with Crippen molar-refractivity contribution < 1.29 is 19.5 Å². The first-order valence-electron chi connectivity index (χ1n) is 12.5. The number of benzene rings is 2. The van der Waals surface area contributed by atoms with Crippen LogP contribution in [0.15, 0.2) is 54.6 Å². The number of hydrogen-bond donors (Lipinski definition) is 3. The number of para-hydroxylation sites is 1. The van der Waals surface area contributed by atoms with E-state index in [-0.39, 0.29) is 11.9 Å². The molecule has 36 heavy (non-hydrogen) atoms. The van der Waals surface area contributed by atoms with Crippen molar-refractivity contribution in [1.82, 2.24) is 20.7 Å². The quantitative estimate of drug-likeness (QED) is 0.311. The first-order chi connectivity index (χ1) is 17.5. The van der Waals surface area contributed by atoms with Crippen molar-refractivity contribution in [3.05, 3.63) is 71.4 Å². The summed E-state index contributed by atoms with van der Waals surface area (Å²) >= 11 is 0. The number of hydroxylamine groups is 1. The number of piperidine rings is 1. The van der Waals surface area contributed by atoms with Gasteiger partial charge in [-0.3, -0.25) is 19.8 Å². The zero-order chi connectivity index (χ0) is 25.5. The van der Waals surface area contributed by atoms with Gasteiger partial charge in [0.2, 0.25) is 5.91 Å². The Morgan fingerprint density at radius 3 is 2.69 bits per heavy atom. The predicted molar refractivity (Wildman–Crippen MR) is 138 cm³/mol. The summed E-state index contributed by atoms with van der Waals surface area (Å²) in [6, 6.07) is 16.6. The van der Waals surface area contributed by atoms with Gasteiger partial charge in [-0.15, -0.1) is 0 Å². The van der Waals surface area contributed by atoms with Crippen LogP contribution in [0.25, 0.3) is 10.9 Å². The third-order valence-corrected chi connectivity index (χ3v) is 6.73. The molecule has 1 fully saturated rings. The number of nitrogens with zero attached hydrogens (tertiary/aromatic N) is 2. The number of pyridine rings is 1. The van der Waals surface area contributed by atoms with Crippen molar-refractivity contribution in [2.24, 2.45) is 5.92 Å². The molecule has 8 nitrogen and oxygen atoms in total. The number of likely N-dealkylation sites (tertiary alicyclic amines) is 1. The average Bonchev–Trinajstić information content (AvgIpc) is 2.90. The van der Waals surface area contributed by atoms with E-state index in [4.69, 9.17) is 9.94 Å². The lowest BCUT2D eigenvalue weighted by Gasteiger charge is -2.37. The summed E-state index contributed by atoms with van der Waals surface area (Å²) in [6.45, 7) is 6.76. The van der Waals surface area contributed by atoms with Crippen LogP contribution in [0.2, 0.25) is 0 Å². The van der Waals surface area contributed by atoms with Crippen molar-refractivity contribution >= 4 is 22.7 Å². The number of unbranched alkanes of at least 4 members (excludes halogenated alkanes) is 1. The normalized spacial score (nSPS) is 18.1. The number of aryl methyl sites for hydroxylation is 1. The van der Waals surface area contributed by atoms with E-state index in [2.05, 4.69) is 22.1 Å². The summed E-state index contributed by atoms with van der Waals surface area (Å²) in [5, 5.41) is 13.2. The Morgan fingerprint density at radius 2 is 1.94 bits per heavy atom. The largest absolute Gasteiger partial charge is 0.489 e. The van der Waals surface area contributed by atoms with Crippen LogP contribution in [0, 0.1) is 12.8 Å². The van der Waals surface area contributed by atoms with Crippen LogP contribution in [-0.4, -0.2) is 52.6 Å². The number of carbonyl (C=O) groups is 2. The highest BCUT2D eigenvalue weighted by atomic mass is 16.5. The van der Waals surface area contributed by atoms with Gasteiger partial charge < -0.3 is 15.0 Å². The molecule has 1 aliphatic rings. The monoisotopic (exact) mass is 490 g/mol. The molecule has 1 saturated heterocycles. The fourth-order valence-electron chi connectivity index (χ4n) is 4.78. The first kappa shape index (κ1) is 25.6. The van der Waals surface area contributed by atoms with E-state index < -0.39 is 11.8 Å². The second kappa shape index (κ2) is 12.0. The maximum absolute atomic E-state index is 13.0. The van der Waals surface area contributed by atoms with Crippen molar-refractivity contribution in [3.63, 3.8) is 0 Å². The van der Waals surface area contributed by atoms with Gasteiger partial charge in [0.1, 0.15) is 12.4 Å². The van der Waals surface area contributed by atoms with Gasteiger partial charge in [0.05, 0.1) is 17.5 Å². The molecular formula is C28H34N4O4. The highest BCUT2D eigenvalue weighted by Gasteiger charge is 2.35. The van der Waals surface area contributed by atoms with Crippen molar-refractivity contribution in [2.75, 3.05) is 19.6 Å². The SMILES string of the molecule is CCCCN1CC[C@H](C(=O)NO)[C@H](NC(=O)c2ccc(OCc3cc(C)nc4ccccc34)cc2)C1. The molecule has 0 unspecified atom stereocenters. The lowest BCUT2D eigenvalue weighted by atomic mass is 9.90. The van der Waals surface area contributed by atoms with E-state index in [1.54, 1.807) is 29.7 Å². The van der Waals surface area contributed by atoms with Crippen LogP contribution in [0.5, 0.6) is 5.75 Å². The Labute approximate surface area is 211 Å². The maximum Gasteiger partial charge on any atom is 0.251 e. The lowest BCUT2D eigenvalue weighted by molar-refractivity contribution is -0.135. The smallest absolute Gasteiger partial charge is 0.251 e. The highest BCUT2D eigenvalue weighted by Crippen LogP contribution is 2.22. The molecule has 190 valence electrons. The van der Waals surface area contributed by atoms with Crippen molar-refractivity contribution in [1.29, 1.82) is 0 Å². The molecule has 0 radical (unpaired) electrons. The second-order valence-electron chi connectivity index (χ2n) is 9.36. The van der Waals surface area contributed by atoms with Gasteiger partial charge in [0, 0.05) is 28.8 Å². The minimum absolute atomic E-state index is 0.254. The van der Waals surface area contributed by atoms with E-state index >= 15 is 0 Å². The van der Waals surface area contributed by atoms with Crippen LogP contribution in [0.1, 0.15) is 47.8 Å². The summed E-state index contributed by atoms with van der Waals surface area (Å²) in [6.07, 6.45) is 2.73. The number of aromatic nitrogens is 1. The van der Waals surface area contributed by atoms with Gasteiger partial charge in [-0.05, 0) is 69.3 Å². The summed E-state index contributed by atoms with van der Waals surface area (Å²) in [4.78, 5) is 32.0. The topological polar surface area (TPSA) is 104 Å². The molecule has 1 aromatic heterocycles. The summed E-state index contributed by atoms with van der Waals surface area (Å²) < 4.78 is 6.01. The number of ether oxygens (including phenoxy) is 1. The number of carbonyl (C=O) groups excluding carboxylic acids is 2. The molecule has 3 aromatic rings. The molecule has 1 aliphatic heterocycles. The summed E-state index contributed by atoms with van der Waals surface area (Å²) in [5.41, 5.74) is 5.17. The van der Waals surface area contributed by atoms with Crippen LogP contribution in [0.3, 0.4) is 0 Å². The molecule has 0 aliphatic carbocycles. The van der Waals surface area contributed by atoms with Gasteiger partial charge in [-0.25, -0.2) is 5.48 Å². The number of hydrogen-bond acceptors (Lipinski definition) is 6. The molecular weight excluding hydrogens is 456 g/mol. The van der Waals surface area contributed by atoms with E-state index in [0.29, 0.717) is 30.9 Å². The maximum atomic E-state index is 13.0. The Kier molecular flexibility index (Phi) is 8.51. The molecule has 2 atom stereocenters. The average molecular weight is 491 g/mol. The van der Waals surface area contributed by atoms with E-state index in [1.165, 1.54) is 0 Å². The van der Waals surface area contributed by atoms with Crippen LogP contribution >= 0.6 is 0 Å². The molecule has 3 N–H and O–H groups in total. The lowest BCUT2D eigenvalue weighted by Crippen LogP contribution is -2.56. The Bertz CT molecular complexity index is 1200. The molecule has 0 saturated carbocycles. The molecule has 4 rings (SSSR count). The van der Waals surface area contributed by atoms with Gasteiger partial charge in [-0.2, -0.15) is 0 Å². The molecule has 0 bridgehead atoms. The molecule has 2 amide bonds. The molecule has 0 spiro atoms. The Balaban J connectivity index is 1.40. The number of fused-ring (bicyclic) bond motifs is 1. The summed E-state index contributed by atoms with van der Waals surface area (Å²) in [7, 11) is 0. The Morgan fingerprint density at radius 1 is 1.17 bits per heavy atom. The van der Waals surface area contributed by atoms with Crippen LogP contribution in [0.4, 0.5) is 0 Å². The van der Waals surface area contributed by atoms with Crippen molar-refractivity contribution in [3.8, 4) is 5.75 Å². The standard InChI is InChI=1S/C28H34N4O4/c1-3-4-14-32-15-13-24(28(34)31-35)26(17-32)30-27(33)20-9-11-22(12-10-20)36-18-21-16-19(2)29-25-8-6-5-7-23(21)25/h5-12,16,24,26,35H,3-4,13-15,17-18H2,1-2H3,(H,30,33)(H,31,34)/t24-,26+/m0/s1. The zero-order valence-corrected chi connectivity index (χ0v) is 20.9. The number of rotatable bonds is 9. The number of nitrogens with one attached hydrogen (secondary N) is 2. The second-order valence-corrected chi connectivity index (χ2v) is 9.36. The Hall–Kier alpha value is -3.49. The van der Waals surface area contributed by atoms with Crippen molar-refractivity contribution in [2.45, 2.75) is 45.8 Å². The molecule has 2 aromatic carbocycles. The molecule has 2 heterocycles. The number of amides is 2. The minimum atomic E-state index is -0.474. The van der Waals surface area contributed by atoms with E-state index in [9.17, 15) is 9.59 Å². The van der Waals surface area contributed by atoms with Crippen LogP contribution < -0.4 is 15.5 Å². The predicted octanol–water partition coefficient (Wildman–Crippen LogP) is 3.85. The third kappa shape index (κ3) is 6.19. The van der Waals surface area contributed by atoms with Crippen LogP contribution in [-0.2, 0) is 11.4 Å². The fraction of sp³-hybridized carbons (Fsp3) is 0.393. The minimum Gasteiger partial charge on any atom is -0.489 e. The zero-order valence-electron chi connectivity index (χ0n) is 20.9. The summed E-state index contributed by atoms with van der Waals surface area (Å²) in [5.74, 6) is -0.530. The first-order valence-corrected chi connectivity index (χ1v) is 12.5. The van der Waals surface area contributed by atoms with Gasteiger partial charge in [-0.1, -0.05) is 31.5 Å².